The fraction of sp³-hybridized carbons (Fsp3) is 0.258. The Morgan fingerprint density at radius 3 is 2.07 bits per heavy atom. The average molecular weight is 604 g/mol. The highest BCUT2D eigenvalue weighted by atomic mass is 16.6. The van der Waals surface area contributed by atoms with Crippen molar-refractivity contribution in [2.45, 2.75) is 27.7 Å². The molecule has 0 radical (unpaired) electrons. The molecule has 4 aromatic rings. The molecule has 0 unspecified atom stereocenters. The van der Waals surface area contributed by atoms with Crippen molar-refractivity contribution in [2.24, 2.45) is 5.10 Å². The van der Waals surface area contributed by atoms with Crippen molar-refractivity contribution in [2.75, 3.05) is 26.9 Å². The Morgan fingerprint density at radius 1 is 0.955 bits per heavy atom. The van der Waals surface area contributed by atoms with Gasteiger partial charge in [0.25, 0.3) is 17.2 Å². The highest BCUT2D eigenvalue weighted by molar-refractivity contribution is 6.05. The smallest absolute Gasteiger partial charge is 0.281 e. The minimum absolute atomic E-state index is 0.112. The lowest BCUT2D eigenvalue weighted by atomic mass is 10.1. The average Bonchev–Trinajstić information content (AvgIpc) is 3.38. The van der Waals surface area contributed by atoms with Gasteiger partial charge in [0.2, 0.25) is 5.75 Å². The van der Waals surface area contributed by atoms with Crippen LogP contribution in [0.2, 0.25) is 0 Å². The van der Waals surface area contributed by atoms with Crippen molar-refractivity contribution < 1.29 is 28.7 Å². The van der Waals surface area contributed by atoms with Crippen LogP contribution in [0, 0.1) is 10.1 Å². The summed E-state index contributed by atoms with van der Waals surface area (Å²) in [5, 5.41) is 18.5. The lowest BCUT2D eigenvalue weighted by molar-refractivity contribution is -0.384. The number of aromatic nitrogens is 2. The molecule has 0 spiro atoms. The van der Waals surface area contributed by atoms with Crippen molar-refractivity contribution in [3.8, 4) is 39.9 Å². The first-order valence-corrected chi connectivity index (χ1v) is 13.9. The van der Waals surface area contributed by atoms with E-state index in [0.717, 1.165) is 0 Å². The zero-order chi connectivity index (χ0) is 31.8. The number of carbonyl (C=O) groups excluding carboxylic acids is 1. The Hall–Kier alpha value is -5.59. The molecule has 0 saturated carbocycles. The molecule has 1 amide bonds. The van der Waals surface area contributed by atoms with Crippen LogP contribution in [0.5, 0.6) is 23.0 Å². The summed E-state index contributed by atoms with van der Waals surface area (Å²) < 4.78 is 23.6. The van der Waals surface area contributed by atoms with Gasteiger partial charge in [-0.15, -0.1) is 0 Å². The second-order valence-corrected chi connectivity index (χ2v) is 9.24. The van der Waals surface area contributed by atoms with Crippen LogP contribution in [0.15, 0.2) is 70.6 Å². The number of hydrogen-bond acceptors (Lipinski definition) is 9. The molecule has 3 aromatic carbocycles. The number of rotatable bonds is 13. The van der Waals surface area contributed by atoms with E-state index < -0.39 is 16.4 Å². The molecular weight excluding hydrogens is 570 g/mol. The van der Waals surface area contributed by atoms with Crippen LogP contribution in [0.1, 0.15) is 43.6 Å². The number of carbonyl (C=O) groups is 1. The summed E-state index contributed by atoms with van der Waals surface area (Å²) in [5.41, 5.74) is 3.99. The van der Waals surface area contributed by atoms with Crippen molar-refractivity contribution in [1.29, 1.82) is 0 Å². The lowest BCUT2D eigenvalue weighted by Gasteiger charge is -2.16. The Morgan fingerprint density at radius 2 is 1.55 bits per heavy atom. The fourth-order valence-corrected chi connectivity index (χ4v) is 4.42. The van der Waals surface area contributed by atoms with E-state index in [1.165, 1.54) is 41.1 Å². The van der Waals surface area contributed by atoms with Crippen molar-refractivity contribution in [3.63, 3.8) is 0 Å². The molecule has 1 heterocycles. The molecule has 13 heteroatoms. The quantitative estimate of drug-likeness (QED) is 0.121. The summed E-state index contributed by atoms with van der Waals surface area (Å²) in [6.07, 6.45) is 0. The monoisotopic (exact) mass is 603 g/mol. The molecule has 0 atom stereocenters. The molecule has 2 N–H and O–H groups in total. The third-order valence-electron chi connectivity index (χ3n) is 6.45. The SMILES string of the molecule is CCOc1cc(C(=O)NN=C(C)c2c(-c3ccc(OC)cc3)[nH]n(-c3ccc([N+](=O)[O-])cc3)c2=O)cc(OCC)c1OCC. The number of nitrogens with one attached hydrogen (secondary N) is 2. The van der Waals surface area contributed by atoms with E-state index >= 15 is 0 Å². The highest BCUT2D eigenvalue weighted by Crippen LogP contribution is 2.39. The number of amides is 1. The second-order valence-electron chi connectivity index (χ2n) is 9.24. The molecule has 0 aliphatic rings. The molecule has 230 valence electrons. The van der Waals surface area contributed by atoms with E-state index in [0.29, 0.717) is 59.8 Å². The zero-order valence-corrected chi connectivity index (χ0v) is 25.0. The topological polar surface area (TPSA) is 159 Å². The second kappa shape index (κ2) is 14.1. The Balaban J connectivity index is 1.75. The van der Waals surface area contributed by atoms with Crippen molar-refractivity contribution in [1.82, 2.24) is 15.2 Å². The first-order chi connectivity index (χ1) is 21.2. The molecule has 0 saturated heterocycles. The first kappa shape index (κ1) is 31.3. The van der Waals surface area contributed by atoms with Crippen LogP contribution in [0.3, 0.4) is 0 Å². The lowest BCUT2D eigenvalue weighted by Crippen LogP contribution is -2.23. The van der Waals surface area contributed by atoms with Crippen LogP contribution >= 0.6 is 0 Å². The van der Waals surface area contributed by atoms with Gasteiger partial charge in [0.05, 0.1) is 54.5 Å². The number of benzene rings is 3. The number of nitrogens with zero attached hydrogens (tertiary/aromatic N) is 3. The molecular formula is C31H33N5O8. The molecule has 13 nitrogen and oxygen atoms in total. The van der Waals surface area contributed by atoms with Gasteiger partial charge >= 0.3 is 0 Å². The summed E-state index contributed by atoms with van der Waals surface area (Å²) in [5.74, 6) is 1.16. The first-order valence-electron chi connectivity index (χ1n) is 13.9. The van der Waals surface area contributed by atoms with Crippen LogP contribution < -0.4 is 29.9 Å². The highest BCUT2D eigenvalue weighted by Gasteiger charge is 2.22. The molecule has 1 aromatic heterocycles. The van der Waals surface area contributed by atoms with Gasteiger partial charge in [-0.2, -0.15) is 5.10 Å². The van der Waals surface area contributed by atoms with Gasteiger partial charge in [0.15, 0.2) is 11.5 Å². The number of hydrogen-bond donors (Lipinski definition) is 2. The van der Waals surface area contributed by atoms with Gasteiger partial charge in [-0.05, 0) is 76.2 Å². The van der Waals surface area contributed by atoms with E-state index in [1.807, 2.05) is 20.8 Å². The Kier molecular flexibility index (Phi) is 10.0. The largest absolute Gasteiger partial charge is 0.497 e. The number of aromatic amines is 1. The number of hydrazone groups is 1. The number of non-ortho nitro benzene ring substituents is 1. The molecule has 44 heavy (non-hydrogen) atoms. The fourth-order valence-electron chi connectivity index (χ4n) is 4.42. The van der Waals surface area contributed by atoms with Gasteiger partial charge < -0.3 is 18.9 Å². The molecule has 0 bridgehead atoms. The molecule has 0 aliphatic carbocycles. The summed E-state index contributed by atoms with van der Waals surface area (Å²) >= 11 is 0. The standard InChI is InChI=1S/C31H33N5O8/c1-6-42-25-17-21(18-26(43-7-2)29(25)44-8-3)30(37)33-32-19(4)27-28(20-9-15-24(41-5)16-10-20)34-35(31(27)38)22-11-13-23(14-12-22)36(39)40/h9-18,34H,6-8H2,1-5H3,(H,33,37). The van der Waals surface area contributed by atoms with Crippen molar-refractivity contribution >= 4 is 17.3 Å². The van der Waals surface area contributed by atoms with Gasteiger partial charge in [-0.25, -0.2) is 10.1 Å². The van der Waals surface area contributed by atoms with Gasteiger partial charge in [0.1, 0.15) is 5.75 Å². The predicted octanol–water partition coefficient (Wildman–Crippen LogP) is 5.10. The summed E-state index contributed by atoms with van der Waals surface area (Å²) in [7, 11) is 1.55. The normalized spacial score (nSPS) is 11.2. The molecule has 4 rings (SSSR count). The summed E-state index contributed by atoms with van der Waals surface area (Å²) in [6.45, 7) is 8.12. The number of nitro groups is 1. The Labute approximate surface area is 253 Å². The van der Waals surface area contributed by atoms with E-state index in [2.05, 4.69) is 15.6 Å². The van der Waals surface area contributed by atoms with Gasteiger partial charge in [-0.3, -0.25) is 24.8 Å². The Bertz CT molecular complexity index is 1700. The van der Waals surface area contributed by atoms with Crippen molar-refractivity contribution in [3.05, 3.63) is 92.3 Å². The maximum atomic E-state index is 13.7. The van der Waals surface area contributed by atoms with Gasteiger partial charge in [-0.1, -0.05) is 0 Å². The van der Waals surface area contributed by atoms with E-state index in [9.17, 15) is 19.7 Å². The minimum Gasteiger partial charge on any atom is -0.497 e. The van der Waals surface area contributed by atoms with E-state index in [-0.39, 0.29) is 22.5 Å². The third-order valence-corrected chi connectivity index (χ3v) is 6.45. The third kappa shape index (κ3) is 6.72. The predicted molar refractivity (Wildman–Crippen MR) is 165 cm³/mol. The molecule has 0 aliphatic heterocycles. The summed E-state index contributed by atoms with van der Waals surface area (Å²) in [6, 6.07) is 15.6. The zero-order valence-electron chi connectivity index (χ0n) is 25.0. The maximum Gasteiger partial charge on any atom is 0.281 e. The number of H-pyrrole nitrogens is 1. The van der Waals surface area contributed by atoms with Crippen LogP contribution in [0.4, 0.5) is 5.69 Å². The minimum atomic E-state index is -0.563. The van der Waals surface area contributed by atoms with Crippen LogP contribution in [-0.4, -0.2) is 53.3 Å². The van der Waals surface area contributed by atoms with E-state index in [4.69, 9.17) is 18.9 Å². The van der Waals surface area contributed by atoms with E-state index in [1.54, 1.807) is 38.3 Å². The van der Waals surface area contributed by atoms with Crippen LogP contribution in [0.25, 0.3) is 16.9 Å². The number of nitro benzene ring substituents is 1. The molecule has 0 fully saturated rings. The van der Waals surface area contributed by atoms with Gasteiger partial charge in [0, 0.05) is 23.3 Å². The number of ether oxygens (including phenoxy) is 4. The maximum absolute atomic E-state index is 13.7. The number of methoxy groups -OCH3 is 1. The summed E-state index contributed by atoms with van der Waals surface area (Å²) in [4.78, 5) is 37.6. The van der Waals surface area contributed by atoms with Crippen LogP contribution in [-0.2, 0) is 0 Å².